The fourth-order valence-electron chi connectivity index (χ4n) is 3.23. The molecule has 0 unspecified atom stereocenters. The molecule has 1 rings (SSSR count). The molecule has 0 aliphatic heterocycles. The average Bonchev–Trinajstić information content (AvgIpc) is 2.61. The highest BCUT2D eigenvalue weighted by Crippen LogP contribution is 2.43. The van der Waals surface area contributed by atoms with Crippen LogP contribution < -0.4 is 4.72 Å². The van der Waals surface area contributed by atoms with Crippen molar-refractivity contribution in [3.63, 3.8) is 0 Å². The fourth-order valence-corrected chi connectivity index (χ4v) is 4.43. The molecule has 1 aromatic carbocycles. The van der Waals surface area contributed by atoms with Crippen molar-refractivity contribution in [3.05, 3.63) is 47.0 Å². The number of rotatable bonds is 11. The van der Waals surface area contributed by atoms with Gasteiger partial charge in [0.05, 0.1) is 21.8 Å². The molecule has 26 heavy (non-hydrogen) atoms. The Bertz CT molecular complexity index is 579. The van der Waals surface area contributed by atoms with Gasteiger partial charge in [-0.3, -0.25) is 0 Å². The quantitative estimate of drug-likeness (QED) is 0.288. The van der Waals surface area contributed by atoms with Gasteiger partial charge in [-0.2, -0.15) is 0 Å². The maximum atomic E-state index is 12.9. The molecular formula is C22H36BrNOS. The number of halogens is 1. The second-order valence-corrected chi connectivity index (χ2v) is 11.0. The molecule has 0 saturated heterocycles. The Hall–Kier alpha value is -0.450. The van der Waals surface area contributed by atoms with Crippen molar-refractivity contribution < 1.29 is 4.21 Å². The molecule has 148 valence electrons. The maximum Gasteiger partial charge on any atom is 0.0976 e. The van der Waals surface area contributed by atoms with E-state index in [4.69, 9.17) is 0 Å². The van der Waals surface area contributed by atoms with Gasteiger partial charge in [0.1, 0.15) is 0 Å². The van der Waals surface area contributed by atoms with E-state index in [2.05, 4.69) is 71.4 Å². The standard InChI is InChI=1S/C22H36BrNOS/c1-7-10-11-12-17-22(8-2,9-3)20(24-26(25)21(4,5)6)18-13-15-19(23)16-14-18/h8,13-16,20,24H,2,7,9-12,17H2,1,3-6H3/t20-,22-,26-/m1/s1. The Morgan fingerprint density at radius 1 is 1.15 bits per heavy atom. The van der Waals surface area contributed by atoms with Gasteiger partial charge < -0.3 is 0 Å². The molecule has 0 bridgehead atoms. The van der Waals surface area contributed by atoms with E-state index >= 15 is 0 Å². The van der Waals surface area contributed by atoms with E-state index in [0.717, 1.165) is 17.3 Å². The van der Waals surface area contributed by atoms with Crippen molar-refractivity contribution in [2.45, 2.75) is 83.9 Å². The summed E-state index contributed by atoms with van der Waals surface area (Å²) < 4.78 is 17.1. The summed E-state index contributed by atoms with van der Waals surface area (Å²) in [6.07, 6.45) is 9.03. The SMILES string of the molecule is C=C[C@@](CC)(CCCCCC)[C@H](N[S@](=O)C(C)(C)C)c1ccc(Br)cc1. The number of unbranched alkanes of at least 4 members (excludes halogenated alkanes) is 3. The van der Waals surface area contributed by atoms with Gasteiger partial charge in [-0.1, -0.05) is 73.7 Å². The second kappa shape index (κ2) is 10.8. The summed E-state index contributed by atoms with van der Waals surface area (Å²) in [5.41, 5.74) is 1.06. The van der Waals surface area contributed by atoms with Crippen LogP contribution in [0.5, 0.6) is 0 Å². The smallest absolute Gasteiger partial charge is 0.0976 e. The van der Waals surface area contributed by atoms with Gasteiger partial charge in [0.15, 0.2) is 0 Å². The molecule has 0 aliphatic carbocycles. The van der Waals surface area contributed by atoms with Crippen molar-refractivity contribution in [2.24, 2.45) is 5.41 Å². The first kappa shape index (κ1) is 23.6. The highest BCUT2D eigenvalue weighted by atomic mass is 79.9. The van der Waals surface area contributed by atoms with E-state index in [1.54, 1.807) is 0 Å². The fraction of sp³-hybridized carbons (Fsp3) is 0.636. The van der Waals surface area contributed by atoms with Gasteiger partial charge in [0.25, 0.3) is 0 Å². The Balaban J connectivity index is 3.22. The van der Waals surface area contributed by atoms with E-state index < -0.39 is 11.0 Å². The molecule has 2 nitrogen and oxygen atoms in total. The van der Waals surface area contributed by atoms with E-state index in [1.165, 1.54) is 31.2 Å². The molecule has 0 fully saturated rings. The second-order valence-electron chi connectivity index (χ2n) is 8.09. The van der Waals surface area contributed by atoms with Gasteiger partial charge in [-0.15, -0.1) is 6.58 Å². The summed E-state index contributed by atoms with van der Waals surface area (Å²) in [4.78, 5) is 0. The van der Waals surface area contributed by atoms with E-state index in [-0.39, 0.29) is 16.2 Å². The van der Waals surface area contributed by atoms with Crippen molar-refractivity contribution in [3.8, 4) is 0 Å². The molecule has 0 radical (unpaired) electrons. The van der Waals surface area contributed by atoms with Crippen LogP contribution in [0.1, 0.15) is 84.7 Å². The lowest BCUT2D eigenvalue weighted by Gasteiger charge is -2.40. The monoisotopic (exact) mass is 441 g/mol. The Morgan fingerprint density at radius 3 is 2.23 bits per heavy atom. The number of benzene rings is 1. The average molecular weight is 443 g/mol. The summed E-state index contributed by atoms with van der Waals surface area (Å²) in [6, 6.07) is 8.36. The molecule has 0 amide bonds. The third kappa shape index (κ3) is 6.61. The normalized spacial score (nSPS) is 16.7. The molecule has 0 heterocycles. The molecule has 1 aromatic rings. The highest BCUT2D eigenvalue weighted by Gasteiger charge is 2.37. The summed E-state index contributed by atoms with van der Waals surface area (Å²) >= 11 is 3.52. The maximum absolute atomic E-state index is 12.9. The highest BCUT2D eigenvalue weighted by molar-refractivity contribution is 9.10. The Kier molecular flexibility index (Phi) is 9.77. The summed E-state index contributed by atoms with van der Waals surface area (Å²) in [6.45, 7) is 14.7. The largest absolute Gasteiger partial charge is 0.242 e. The molecule has 0 aliphatic rings. The molecule has 1 N–H and O–H groups in total. The van der Waals surface area contributed by atoms with E-state index in [9.17, 15) is 4.21 Å². The van der Waals surface area contributed by atoms with Gasteiger partial charge >= 0.3 is 0 Å². The number of hydrogen-bond acceptors (Lipinski definition) is 1. The van der Waals surface area contributed by atoms with Gasteiger partial charge in [-0.25, -0.2) is 8.93 Å². The lowest BCUT2D eigenvalue weighted by Crippen LogP contribution is -2.42. The van der Waals surface area contributed by atoms with Crippen LogP contribution in [-0.4, -0.2) is 8.96 Å². The minimum Gasteiger partial charge on any atom is -0.242 e. The Labute approximate surface area is 172 Å². The Morgan fingerprint density at radius 2 is 1.77 bits per heavy atom. The minimum atomic E-state index is -1.14. The van der Waals surface area contributed by atoms with Crippen LogP contribution in [0.15, 0.2) is 41.4 Å². The van der Waals surface area contributed by atoms with Crippen LogP contribution in [-0.2, 0) is 11.0 Å². The molecule has 0 saturated carbocycles. The molecular weight excluding hydrogens is 406 g/mol. The zero-order chi connectivity index (χ0) is 19.8. The van der Waals surface area contributed by atoms with E-state index in [0.29, 0.717) is 0 Å². The van der Waals surface area contributed by atoms with Crippen LogP contribution in [0.3, 0.4) is 0 Å². The zero-order valence-electron chi connectivity index (χ0n) is 17.1. The van der Waals surface area contributed by atoms with Crippen LogP contribution in [0.25, 0.3) is 0 Å². The van der Waals surface area contributed by atoms with Gasteiger partial charge in [0, 0.05) is 9.89 Å². The first-order valence-electron chi connectivity index (χ1n) is 9.77. The summed E-state index contributed by atoms with van der Waals surface area (Å²) in [5, 5.41) is 0. The van der Waals surface area contributed by atoms with Crippen LogP contribution in [0.2, 0.25) is 0 Å². The van der Waals surface area contributed by atoms with Crippen molar-refractivity contribution in [1.82, 2.24) is 4.72 Å². The van der Waals surface area contributed by atoms with Crippen LogP contribution in [0, 0.1) is 5.41 Å². The van der Waals surface area contributed by atoms with Gasteiger partial charge in [0.2, 0.25) is 0 Å². The lowest BCUT2D eigenvalue weighted by molar-refractivity contribution is 0.246. The van der Waals surface area contributed by atoms with Crippen molar-refractivity contribution >= 4 is 26.9 Å². The van der Waals surface area contributed by atoms with Gasteiger partial charge in [-0.05, 0) is 51.3 Å². The minimum absolute atomic E-state index is 0.0141. The molecule has 0 aromatic heterocycles. The number of hydrogen-bond donors (Lipinski definition) is 1. The van der Waals surface area contributed by atoms with Crippen molar-refractivity contribution in [2.75, 3.05) is 0 Å². The zero-order valence-corrected chi connectivity index (χ0v) is 19.5. The first-order chi connectivity index (χ1) is 12.2. The molecule has 4 heteroatoms. The molecule has 0 spiro atoms. The van der Waals surface area contributed by atoms with Crippen LogP contribution >= 0.6 is 15.9 Å². The molecule has 3 atom stereocenters. The summed E-state index contributed by atoms with van der Waals surface area (Å²) in [7, 11) is -1.14. The summed E-state index contributed by atoms with van der Waals surface area (Å²) in [5.74, 6) is 0. The topological polar surface area (TPSA) is 29.1 Å². The van der Waals surface area contributed by atoms with E-state index in [1.807, 2.05) is 20.8 Å². The number of nitrogens with one attached hydrogen (secondary N) is 1. The third-order valence-electron chi connectivity index (χ3n) is 5.12. The predicted molar refractivity (Wildman–Crippen MR) is 120 cm³/mol. The van der Waals surface area contributed by atoms with Crippen LogP contribution in [0.4, 0.5) is 0 Å². The van der Waals surface area contributed by atoms with Crippen molar-refractivity contribution in [1.29, 1.82) is 0 Å². The first-order valence-corrected chi connectivity index (χ1v) is 11.7. The predicted octanol–water partition coefficient (Wildman–Crippen LogP) is 7.09. The third-order valence-corrected chi connectivity index (χ3v) is 7.21. The lowest BCUT2D eigenvalue weighted by atomic mass is 9.72.